The van der Waals surface area contributed by atoms with Gasteiger partial charge in [0.1, 0.15) is 0 Å². The summed E-state index contributed by atoms with van der Waals surface area (Å²) in [4.78, 5) is 14.8. The summed E-state index contributed by atoms with van der Waals surface area (Å²) in [5.41, 5.74) is 5.26. The zero-order valence-corrected chi connectivity index (χ0v) is 25.0. The van der Waals surface area contributed by atoms with Crippen molar-refractivity contribution in [2.75, 3.05) is 0 Å². The second kappa shape index (κ2) is 10.5. The molecule has 7 aromatic carbocycles. The highest BCUT2D eigenvalue weighted by atomic mass is 32.1. The van der Waals surface area contributed by atoms with Gasteiger partial charge in [-0.2, -0.15) is 0 Å². The molecule has 2 aromatic heterocycles. The first-order chi connectivity index (χ1) is 22.3. The van der Waals surface area contributed by atoms with Crippen LogP contribution in [0, 0.1) is 0 Å². The normalized spacial score (nSPS) is 11.6. The summed E-state index contributed by atoms with van der Waals surface area (Å²) >= 11 is 1.86. The number of fused-ring (bicyclic) bond motifs is 6. The Bertz CT molecular complexity index is 2480. The van der Waals surface area contributed by atoms with E-state index in [-0.39, 0.29) is 0 Å². The second-order valence-corrected chi connectivity index (χ2v) is 12.3. The molecule has 0 saturated heterocycles. The van der Waals surface area contributed by atoms with Crippen LogP contribution in [-0.2, 0) is 0 Å². The maximum Gasteiger partial charge on any atom is 0.164 e. The van der Waals surface area contributed by atoms with Gasteiger partial charge in [0.05, 0.1) is 0 Å². The van der Waals surface area contributed by atoms with Crippen LogP contribution in [-0.4, -0.2) is 15.0 Å². The lowest BCUT2D eigenvalue weighted by Crippen LogP contribution is -2.00. The van der Waals surface area contributed by atoms with Crippen molar-refractivity contribution in [1.82, 2.24) is 15.0 Å². The van der Waals surface area contributed by atoms with E-state index in [2.05, 4.69) is 91.0 Å². The van der Waals surface area contributed by atoms with Gasteiger partial charge in [0, 0.05) is 36.9 Å². The van der Waals surface area contributed by atoms with Gasteiger partial charge < -0.3 is 0 Å². The van der Waals surface area contributed by atoms with Crippen molar-refractivity contribution in [3.63, 3.8) is 0 Å². The Morgan fingerprint density at radius 3 is 1.76 bits per heavy atom. The van der Waals surface area contributed by atoms with Crippen LogP contribution in [0.1, 0.15) is 0 Å². The van der Waals surface area contributed by atoms with Gasteiger partial charge in [-0.1, -0.05) is 127 Å². The fourth-order valence-corrected chi connectivity index (χ4v) is 7.44. The van der Waals surface area contributed by atoms with Crippen LogP contribution in [0.3, 0.4) is 0 Å². The highest BCUT2D eigenvalue weighted by molar-refractivity contribution is 7.26. The topological polar surface area (TPSA) is 38.7 Å². The number of hydrogen-bond acceptors (Lipinski definition) is 4. The Morgan fingerprint density at radius 2 is 1.00 bits per heavy atom. The first kappa shape index (κ1) is 25.8. The largest absolute Gasteiger partial charge is 0.208 e. The van der Waals surface area contributed by atoms with Crippen LogP contribution in [0.4, 0.5) is 0 Å². The molecule has 0 radical (unpaired) electrons. The van der Waals surface area contributed by atoms with E-state index in [0.717, 1.165) is 16.7 Å². The molecular weight excluding hydrogens is 567 g/mol. The molecule has 4 heteroatoms. The number of nitrogens with zero attached hydrogens (tertiary/aromatic N) is 3. The molecule has 210 valence electrons. The second-order valence-electron chi connectivity index (χ2n) is 11.3. The minimum Gasteiger partial charge on any atom is -0.208 e. The van der Waals surface area contributed by atoms with Crippen LogP contribution < -0.4 is 0 Å². The highest BCUT2D eigenvalue weighted by Gasteiger charge is 2.15. The monoisotopic (exact) mass is 591 g/mol. The first-order valence-corrected chi connectivity index (χ1v) is 15.8. The molecule has 0 N–H and O–H groups in total. The number of benzene rings is 7. The molecule has 9 aromatic rings. The quantitative estimate of drug-likeness (QED) is 0.204. The fourth-order valence-electron chi connectivity index (χ4n) is 6.32. The molecule has 0 spiro atoms. The zero-order valence-electron chi connectivity index (χ0n) is 24.2. The average molecular weight is 592 g/mol. The summed E-state index contributed by atoms with van der Waals surface area (Å²) in [7, 11) is 0. The molecule has 0 atom stereocenters. The van der Waals surface area contributed by atoms with Gasteiger partial charge in [0.2, 0.25) is 0 Å². The molecule has 0 aliphatic heterocycles. The van der Waals surface area contributed by atoms with Crippen LogP contribution in [0.25, 0.3) is 87.0 Å². The van der Waals surface area contributed by atoms with E-state index in [9.17, 15) is 0 Å². The van der Waals surface area contributed by atoms with E-state index < -0.39 is 0 Å². The van der Waals surface area contributed by atoms with Crippen LogP contribution in [0.5, 0.6) is 0 Å². The highest BCUT2D eigenvalue weighted by Crippen LogP contribution is 2.40. The maximum atomic E-state index is 4.98. The predicted octanol–water partition coefficient (Wildman–Crippen LogP) is 11.2. The molecule has 9 rings (SSSR count). The number of hydrogen-bond donors (Lipinski definition) is 0. The van der Waals surface area contributed by atoms with Gasteiger partial charge in [0.25, 0.3) is 0 Å². The van der Waals surface area contributed by atoms with Crippen molar-refractivity contribution in [3.05, 3.63) is 152 Å². The molecule has 0 unspecified atom stereocenters. The molecule has 0 amide bonds. The summed E-state index contributed by atoms with van der Waals surface area (Å²) in [5.74, 6) is 1.98. The SMILES string of the molecule is c1ccc(-c2nc(-c3ccccc3)nc(-c3ccc4cccc(-c5ccc6c(ccc7sc8ccccc8c76)c5)c4c3)n2)cc1. The van der Waals surface area contributed by atoms with Crippen LogP contribution >= 0.6 is 11.3 Å². The van der Waals surface area contributed by atoms with Gasteiger partial charge in [-0.05, 0) is 56.9 Å². The lowest BCUT2D eigenvalue weighted by Gasteiger charge is -2.12. The Hall–Kier alpha value is -5.71. The smallest absolute Gasteiger partial charge is 0.164 e. The standard InChI is InChI=1S/C41H25N3S/c1-3-10-27(11-4-1)39-42-40(28-12-5-2-6-13-28)44-41(43-39)31-19-18-26-14-9-16-32(35(26)25-31)29-20-22-33-30(24-29)21-23-37-38(33)34-15-7-8-17-36(34)45-37/h1-25H. The van der Waals surface area contributed by atoms with E-state index in [0.29, 0.717) is 17.5 Å². The maximum absolute atomic E-state index is 4.98. The summed E-state index contributed by atoms with van der Waals surface area (Å²) < 4.78 is 2.66. The van der Waals surface area contributed by atoms with Gasteiger partial charge in [0.15, 0.2) is 17.5 Å². The number of aromatic nitrogens is 3. The third-order valence-electron chi connectivity index (χ3n) is 8.51. The fraction of sp³-hybridized carbons (Fsp3) is 0. The summed E-state index contributed by atoms with van der Waals surface area (Å²) in [6.07, 6.45) is 0. The molecule has 0 fully saturated rings. The molecule has 3 nitrogen and oxygen atoms in total. The van der Waals surface area contributed by atoms with Gasteiger partial charge in [-0.3, -0.25) is 0 Å². The minimum absolute atomic E-state index is 0.657. The van der Waals surface area contributed by atoms with E-state index in [4.69, 9.17) is 15.0 Å². The third kappa shape index (κ3) is 4.46. The van der Waals surface area contributed by atoms with Crippen LogP contribution in [0.2, 0.25) is 0 Å². The number of rotatable bonds is 4. The van der Waals surface area contributed by atoms with Gasteiger partial charge in [-0.25, -0.2) is 15.0 Å². The van der Waals surface area contributed by atoms with Gasteiger partial charge in [-0.15, -0.1) is 11.3 Å². The van der Waals surface area contributed by atoms with Crippen LogP contribution in [0.15, 0.2) is 152 Å². The van der Waals surface area contributed by atoms with Crippen molar-refractivity contribution in [3.8, 4) is 45.3 Å². The molecule has 0 saturated carbocycles. The van der Waals surface area contributed by atoms with E-state index in [1.54, 1.807) is 0 Å². The molecule has 0 aliphatic carbocycles. The minimum atomic E-state index is 0.657. The van der Waals surface area contributed by atoms with Crippen molar-refractivity contribution in [1.29, 1.82) is 0 Å². The Kier molecular flexibility index (Phi) is 6.00. The van der Waals surface area contributed by atoms with Crippen molar-refractivity contribution in [2.24, 2.45) is 0 Å². The Labute approximate surface area is 264 Å². The predicted molar refractivity (Wildman–Crippen MR) is 189 cm³/mol. The lowest BCUT2D eigenvalue weighted by molar-refractivity contribution is 1.07. The lowest BCUT2D eigenvalue weighted by atomic mass is 9.94. The average Bonchev–Trinajstić information content (AvgIpc) is 3.51. The molecule has 0 bridgehead atoms. The Balaban J connectivity index is 1.21. The van der Waals surface area contributed by atoms with Gasteiger partial charge >= 0.3 is 0 Å². The van der Waals surface area contributed by atoms with E-state index in [1.807, 2.05) is 72.0 Å². The molecular formula is C41H25N3S. The third-order valence-corrected chi connectivity index (χ3v) is 9.64. The van der Waals surface area contributed by atoms with Crippen molar-refractivity contribution >= 4 is 53.1 Å². The summed E-state index contributed by atoms with van der Waals surface area (Å²) in [6.45, 7) is 0. The summed E-state index contributed by atoms with van der Waals surface area (Å²) in [6, 6.07) is 53.4. The number of thiophene rings is 1. The molecule has 2 heterocycles. The van der Waals surface area contributed by atoms with Crippen molar-refractivity contribution in [2.45, 2.75) is 0 Å². The molecule has 0 aliphatic rings. The first-order valence-electron chi connectivity index (χ1n) is 15.0. The van der Waals surface area contributed by atoms with E-state index in [1.165, 1.54) is 52.8 Å². The summed E-state index contributed by atoms with van der Waals surface area (Å²) in [5, 5.41) is 7.55. The Morgan fingerprint density at radius 1 is 0.356 bits per heavy atom. The molecule has 45 heavy (non-hydrogen) atoms. The van der Waals surface area contributed by atoms with E-state index >= 15 is 0 Å². The van der Waals surface area contributed by atoms with Crippen molar-refractivity contribution < 1.29 is 0 Å². The zero-order chi connectivity index (χ0) is 29.7.